The van der Waals surface area contributed by atoms with E-state index in [4.69, 9.17) is 4.74 Å². The molecule has 0 saturated carbocycles. The van der Waals surface area contributed by atoms with Crippen LogP contribution in [0.4, 0.5) is 0 Å². The average Bonchev–Trinajstić information content (AvgIpc) is 2.28. The van der Waals surface area contributed by atoms with Crippen LogP contribution < -0.4 is 10.2 Å². The van der Waals surface area contributed by atoms with Crippen LogP contribution >= 0.6 is 0 Å². The number of ether oxygens (including phenoxy) is 1. The average molecular weight is 237 g/mol. The van der Waals surface area contributed by atoms with Gasteiger partial charge in [-0.15, -0.1) is 0 Å². The van der Waals surface area contributed by atoms with Crippen LogP contribution in [-0.2, 0) is 0 Å². The normalized spacial score (nSPS) is 10.4. The molecule has 0 bridgehead atoms. The van der Waals surface area contributed by atoms with E-state index in [1.165, 1.54) is 6.07 Å². The zero-order valence-corrected chi connectivity index (χ0v) is 9.96. The van der Waals surface area contributed by atoms with E-state index in [-0.39, 0.29) is 11.2 Å². The highest BCUT2D eigenvalue weighted by Gasteiger charge is 2.19. The summed E-state index contributed by atoms with van der Waals surface area (Å²) in [6.45, 7) is 1.05. The van der Waals surface area contributed by atoms with Crippen LogP contribution in [0.3, 0.4) is 0 Å². The molecule has 0 aliphatic heterocycles. The van der Waals surface area contributed by atoms with Crippen molar-refractivity contribution in [2.45, 2.75) is 0 Å². The summed E-state index contributed by atoms with van der Waals surface area (Å²) in [6, 6.07) is 4.67. The van der Waals surface area contributed by atoms with Crippen molar-refractivity contribution in [1.29, 1.82) is 0 Å². The van der Waals surface area contributed by atoms with Crippen LogP contribution in [0.5, 0.6) is 5.75 Å². The zero-order valence-electron chi connectivity index (χ0n) is 9.96. The Hall–Kier alpha value is -1.37. The lowest BCUT2D eigenvalue weighted by Crippen LogP contribution is -2.33. The molecule has 17 heavy (non-hydrogen) atoms. The Morgan fingerprint density at radius 1 is 1.41 bits per heavy atom. The molecule has 0 spiro atoms. The van der Waals surface area contributed by atoms with Crippen LogP contribution in [0.15, 0.2) is 18.2 Å². The van der Waals surface area contributed by atoms with Gasteiger partial charge in [0.15, 0.2) is 6.29 Å². The SMILES string of the molecule is CN(C)CCOc1c(C=O)cccc1B(O)O. The highest BCUT2D eigenvalue weighted by atomic mass is 16.5. The second kappa shape index (κ2) is 6.39. The van der Waals surface area contributed by atoms with Crippen molar-refractivity contribution < 1.29 is 19.6 Å². The molecule has 0 aromatic heterocycles. The van der Waals surface area contributed by atoms with Crippen molar-refractivity contribution in [3.05, 3.63) is 23.8 Å². The Kier molecular flexibility index (Phi) is 5.15. The number of hydrogen-bond donors (Lipinski definition) is 2. The first-order chi connectivity index (χ1) is 8.06. The molecule has 1 aromatic rings. The quantitative estimate of drug-likeness (QED) is 0.496. The summed E-state index contributed by atoms with van der Waals surface area (Å²) in [5, 5.41) is 18.4. The van der Waals surface area contributed by atoms with E-state index < -0.39 is 7.12 Å². The van der Waals surface area contributed by atoms with Crippen molar-refractivity contribution in [2.75, 3.05) is 27.2 Å². The van der Waals surface area contributed by atoms with E-state index in [1.807, 2.05) is 19.0 Å². The van der Waals surface area contributed by atoms with Gasteiger partial charge in [0, 0.05) is 12.0 Å². The Bertz CT molecular complexity index is 382. The monoisotopic (exact) mass is 237 g/mol. The molecular formula is C11H16BNO4. The Balaban J connectivity index is 2.89. The molecular weight excluding hydrogens is 221 g/mol. The summed E-state index contributed by atoms with van der Waals surface area (Å²) in [7, 11) is 2.15. The Morgan fingerprint density at radius 2 is 2.12 bits per heavy atom. The molecule has 5 nitrogen and oxygen atoms in total. The lowest BCUT2D eigenvalue weighted by atomic mass is 9.78. The number of rotatable bonds is 6. The number of nitrogens with zero attached hydrogens (tertiary/aromatic N) is 1. The van der Waals surface area contributed by atoms with Crippen molar-refractivity contribution in [1.82, 2.24) is 4.90 Å². The van der Waals surface area contributed by atoms with Crippen LogP contribution in [0.2, 0.25) is 0 Å². The molecule has 92 valence electrons. The fourth-order valence-electron chi connectivity index (χ4n) is 1.37. The second-order valence-electron chi connectivity index (χ2n) is 3.91. The molecule has 2 N–H and O–H groups in total. The molecule has 1 aromatic carbocycles. The van der Waals surface area contributed by atoms with Crippen molar-refractivity contribution in [3.63, 3.8) is 0 Å². The van der Waals surface area contributed by atoms with E-state index in [2.05, 4.69) is 0 Å². The van der Waals surface area contributed by atoms with Crippen LogP contribution in [0.1, 0.15) is 10.4 Å². The molecule has 6 heteroatoms. The third-order valence-electron chi connectivity index (χ3n) is 2.27. The van der Waals surface area contributed by atoms with Gasteiger partial charge in [0.25, 0.3) is 0 Å². The molecule has 1 rings (SSSR count). The maximum absolute atomic E-state index is 10.8. The summed E-state index contributed by atoms with van der Waals surface area (Å²) in [5.41, 5.74) is 0.516. The lowest BCUT2D eigenvalue weighted by Gasteiger charge is -2.15. The summed E-state index contributed by atoms with van der Waals surface area (Å²) < 4.78 is 5.44. The zero-order chi connectivity index (χ0) is 12.8. The van der Waals surface area contributed by atoms with Gasteiger partial charge in [-0.05, 0) is 20.2 Å². The number of aldehydes is 1. The van der Waals surface area contributed by atoms with E-state index in [0.717, 1.165) is 0 Å². The van der Waals surface area contributed by atoms with E-state index in [9.17, 15) is 14.8 Å². The first-order valence-electron chi connectivity index (χ1n) is 5.28. The molecule has 0 aliphatic rings. The van der Waals surface area contributed by atoms with E-state index >= 15 is 0 Å². The van der Waals surface area contributed by atoms with Gasteiger partial charge in [-0.1, -0.05) is 12.1 Å². The molecule has 0 heterocycles. The maximum Gasteiger partial charge on any atom is 0.492 e. The summed E-state index contributed by atoms with van der Waals surface area (Å²) in [4.78, 5) is 12.8. The third kappa shape index (κ3) is 3.85. The van der Waals surface area contributed by atoms with Crippen LogP contribution in [0, 0.1) is 0 Å². The third-order valence-corrected chi connectivity index (χ3v) is 2.27. The topological polar surface area (TPSA) is 70.0 Å². The minimum atomic E-state index is -1.65. The standard InChI is InChI=1S/C11H16BNO4/c1-13(2)6-7-17-11-9(8-14)4-3-5-10(11)12(15)16/h3-5,8,15-16H,6-7H2,1-2H3. The predicted octanol–water partition coefficient (Wildman–Crippen LogP) is -0.881. The van der Waals surface area contributed by atoms with Crippen LogP contribution in [-0.4, -0.2) is 55.6 Å². The molecule has 0 amide bonds. The van der Waals surface area contributed by atoms with Crippen molar-refractivity contribution >= 4 is 18.9 Å². The summed E-state index contributed by atoms with van der Waals surface area (Å²) in [5.74, 6) is 0.236. The van der Waals surface area contributed by atoms with Gasteiger partial charge in [0.05, 0.1) is 5.56 Å². The van der Waals surface area contributed by atoms with E-state index in [1.54, 1.807) is 12.1 Å². The molecule has 0 atom stereocenters. The predicted molar refractivity (Wildman–Crippen MR) is 65.7 cm³/mol. The fraction of sp³-hybridized carbons (Fsp3) is 0.364. The number of carbonyl (C=O) groups is 1. The summed E-state index contributed by atoms with van der Waals surface area (Å²) in [6.07, 6.45) is 0.636. The van der Waals surface area contributed by atoms with Gasteiger partial charge in [-0.25, -0.2) is 0 Å². The van der Waals surface area contributed by atoms with Gasteiger partial charge >= 0.3 is 7.12 Å². The maximum atomic E-state index is 10.8. The lowest BCUT2D eigenvalue weighted by molar-refractivity contribution is 0.111. The smallest absolute Gasteiger partial charge is 0.492 e. The van der Waals surface area contributed by atoms with Gasteiger partial charge < -0.3 is 19.7 Å². The second-order valence-corrected chi connectivity index (χ2v) is 3.91. The minimum absolute atomic E-state index is 0.202. The van der Waals surface area contributed by atoms with Gasteiger partial charge in [0.1, 0.15) is 12.4 Å². The number of benzene rings is 1. The minimum Gasteiger partial charge on any atom is -0.492 e. The van der Waals surface area contributed by atoms with Gasteiger partial charge in [-0.2, -0.15) is 0 Å². The molecule has 0 saturated heterocycles. The van der Waals surface area contributed by atoms with Gasteiger partial charge in [0.2, 0.25) is 0 Å². The first-order valence-corrected chi connectivity index (χ1v) is 5.28. The van der Waals surface area contributed by atoms with Crippen LogP contribution in [0.25, 0.3) is 0 Å². The molecule has 0 radical (unpaired) electrons. The highest BCUT2D eigenvalue weighted by molar-refractivity contribution is 6.59. The Labute approximate surface area is 101 Å². The number of hydrogen-bond acceptors (Lipinski definition) is 5. The fourth-order valence-corrected chi connectivity index (χ4v) is 1.37. The first kappa shape index (κ1) is 13.7. The molecule has 0 fully saturated rings. The molecule has 0 unspecified atom stereocenters. The number of carbonyl (C=O) groups excluding carboxylic acids is 1. The number of para-hydroxylation sites is 1. The largest absolute Gasteiger partial charge is 0.492 e. The Morgan fingerprint density at radius 3 is 2.65 bits per heavy atom. The number of likely N-dealkylation sites (N-methyl/N-ethyl adjacent to an activating group) is 1. The van der Waals surface area contributed by atoms with Crippen molar-refractivity contribution in [2.24, 2.45) is 0 Å². The van der Waals surface area contributed by atoms with Gasteiger partial charge in [-0.3, -0.25) is 4.79 Å². The summed E-state index contributed by atoms with van der Waals surface area (Å²) >= 11 is 0. The van der Waals surface area contributed by atoms with E-state index in [0.29, 0.717) is 25.0 Å². The van der Waals surface area contributed by atoms with Crippen molar-refractivity contribution in [3.8, 4) is 5.75 Å². The highest BCUT2D eigenvalue weighted by Crippen LogP contribution is 2.14. The molecule has 0 aliphatic carbocycles.